The van der Waals surface area contributed by atoms with Crippen molar-refractivity contribution < 1.29 is 29.0 Å². The summed E-state index contributed by atoms with van der Waals surface area (Å²) < 4.78 is 12.3. The van der Waals surface area contributed by atoms with E-state index in [-0.39, 0.29) is 41.7 Å². The molecule has 4 heterocycles. The lowest BCUT2D eigenvalue weighted by molar-refractivity contribution is -0.136. The summed E-state index contributed by atoms with van der Waals surface area (Å²) >= 11 is 0. The van der Waals surface area contributed by atoms with E-state index in [1.807, 2.05) is 24.3 Å². The normalized spacial score (nSPS) is 21.7. The molecule has 2 saturated heterocycles. The number of nitrogens with one attached hydrogen (secondary N) is 1. The molecular formula is C42H44N4O6. The summed E-state index contributed by atoms with van der Waals surface area (Å²) in [6.07, 6.45) is 2.65. The van der Waals surface area contributed by atoms with Gasteiger partial charge in [0.1, 0.15) is 23.3 Å². The Morgan fingerprint density at radius 2 is 1.65 bits per heavy atom. The van der Waals surface area contributed by atoms with Crippen LogP contribution in [0.2, 0.25) is 0 Å². The number of piperidine rings is 1. The molecule has 3 amide bonds. The van der Waals surface area contributed by atoms with Crippen LogP contribution >= 0.6 is 0 Å². The molecule has 0 aliphatic carbocycles. The molecule has 0 radical (unpaired) electrons. The van der Waals surface area contributed by atoms with E-state index in [1.54, 1.807) is 17.0 Å². The van der Waals surface area contributed by atoms with Crippen molar-refractivity contribution in [3.05, 3.63) is 119 Å². The van der Waals surface area contributed by atoms with Crippen molar-refractivity contribution in [3.8, 4) is 17.2 Å². The predicted molar refractivity (Wildman–Crippen MR) is 197 cm³/mol. The summed E-state index contributed by atoms with van der Waals surface area (Å²) in [4.78, 5) is 43.5. The average molecular weight is 701 g/mol. The number of anilines is 1. The summed E-state index contributed by atoms with van der Waals surface area (Å²) in [6, 6.07) is 29.7. The van der Waals surface area contributed by atoms with E-state index >= 15 is 0 Å². The van der Waals surface area contributed by atoms with E-state index in [2.05, 4.69) is 69.7 Å². The first-order valence-corrected chi connectivity index (χ1v) is 18.4. The maximum absolute atomic E-state index is 13.1. The quantitative estimate of drug-likeness (QED) is 0.166. The molecule has 0 bridgehead atoms. The molecule has 4 aliphatic rings. The fourth-order valence-electron chi connectivity index (χ4n) is 8.18. The fourth-order valence-corrected chi connectivity index (χ4v) is 8.18. The Hall–Kier alpha value is -5.35. The number of amides is 3. The Labute approximate surface area is 303 Å². The molecule has 10 nitrogen and oxygen atoms in total. The van der Waals surface area contributed by atoms with Gasteiger partial charge in [0.25, 0.3) is 5.91 Å². The number of unbranched alkanes of at least 4 members (excludes halogenated alkanes) is 1. The number of ether oxygens (including phenoxy) is 2. The lowest BCUT2D eigenvalue weighted by atomic mass is 9.76. The van der Waals surface area contributed by atoms with Crippen molar-refractivity contribution >= 4 is 23.4 Å². The first kappa shape index (κ1) is 33.8. The van der Waals surface area contributed by atoms with Crippen LogP contribution < -0.4 is 19.7 Å². The fraction of sp³-hybridized carbons (Fsp3) is 0.357. The van der Waals surface area contributed by atoms with Crippen LogP contribution in [0.1, 0.15) is 70.1 Å². The van der Waals surface area contributed by atoms with Crippen LogP contribution in [-0.2, 0) is 16.1 Å². The van der Waals surface area contributed by atoms with Crippen LogP contribution in [-0.4, -0.2) is 84.6 Å². The van der Waals surface area contributed by atoms with Crippen molar-refractivity contribution in [2.24, 2.45) is 0 Å². The number of nitrogens with zero attached hydrogens (tertiary/aromatic N) is 3. The van der Waals surface area contributed by atoms with Gasteiger partial charge in [-0.3, -0.25) is 24.6 Å². The van der Waals surface area contributed by atoms with E-state index in [0.29, 0.717) is 31.7 Å². The maximum Gasteiger partial charge on any atom is 0.255 e. The van der Waals surface area contributed by atoms with E-state index in [0.717, 1.165) is 73.9 Å². The van der Waals surface area contributed by atoms with Gasteiger partial charge >= 0.3 is 0 Å². The second-order valence-electron chi connectivity index (χ2n) is 14.2. The zero-order chi connectivity index (χ0) is 35.6. The van der Waals surface area contributed by atoms with Gasteiger partial charge in [0.05, 0.1) is 13.2 Å². The largest absolute Gasteiger partial charge is 0.508 e. The minimum atomic E-state index is -0.595. The minimum Gasteiger partial charge on any atom is -0.508 e. The van der Waals surface area contributed by atoms with Crippen molar-refractivity contribution in [2.75, 3.05) is 50.8 Å². The van der Waals surface area contributed by atoms with Crippen LogP contribution in [0.25, 0.3) is 0 Å². The molecule has 2 fully saturated rings. The zero-order valence-electron chi connectivity index (χ0n) is 29.2. The number of rotatable bonds is 10. The van der Waals surface area contributed by atoms with Crippen molar-refractivity contribution in [1.29, 1.82) is 0 Å². The molecule has 8 rings (SSSR count). The third kappa shape index (κ3) is 6.95. The highest BCUT2D eigenvalue weighted by Gasteiger charge is 2.39. The molecule has 10 heteroatoms. The van der Waals surface area contributed by atoms with Gasteiger partial charge in [-0.25, -0.2) is 0 Å². The Bertz CT molecular complexity index is 1940. The van der Waals surface area contributed by atoms with Gasteiger partial charge in [-0.05, 0) is 78.9 Å². The van der Waals surface area contributed by atoms with Crippen molar-refractivity contribution in [2.45, 2.75) is 50.1 Å². The van der Waals surface area contributed by atoms with Crippen LogP contribution in [0.15, 0.2) is 91.0 Å². The molecule has 268 valence electrons. The Morgan fingerprint density at radius 1 is 0.846 bits per heavy atom. The van der Waals surface area contributed by atoms with Gasteiger partial charge in [-0.1, -0.05) is 48.5 Å². The summed E-state index contributed by atoms with van der Waals surface area (Å²) in [7, 11) is 0. The third-order valence-corrected chi connectivity index (χ3v) is 11.0. The minimum absolute atomic E-state index is 0.100. The standard InChI is InChI=1S/C42H44N4O6/c47-32-11-15-35-38(25-32)52-27-36(28-6-2-1-3-7-28)40(35)29-8-12-33(13-9-29)51-23-5-4-18-44-19-21-45(22-20-44)31-10-14-34-30(24-31)26-46(42(34)50)37-16-17-39(48)43-41(37)49/h1-3,6-15,24-25,36-37,40,47H,4-5,16-23,26-27H2,(H,43,48,49)/t36-,37?,40?/m1/s1. The molecule has 2 unspecified atom stereocenters. The van der Waals surface area contributed by atoms with Gasteiger partial charge in [0, 0.05) is 73.9 Å². The monoisotopic (exact) mass is 700 g/mol. The van der Waals surface area contributed by atoms with Gasteiger partial charge in [-0.2, -0.15) is 0 Å². The highest BCUT2D eigenvalue weighted by atomic mass is 16.5. The molecule has 4 aromatic carbocycles. The molecule has 0 saturated carbocycles. The average Bonchev–Trinajstić information content (AvgIpc) is 3.49. The molecule has 4 aliphatic heterocycles. The number of imide groups is 1. The summed E-state index contributed by atoms with van der Waals surface area (Å²) in [5.41, 5.74) is 6.19. The van der Waals surface area contributed by atoms with Crippen LogP contribution in [0.4, 0.5) is 5.69 Å². The van der Waals surface area contributed by atoms with E-state index in [1.165, 1.54) is 11.1 Å². The van der Waals surface area contributed by atoms with Gasteiger partial charge in [-0.15, -0.1) is 0 Å². The van der Waals surface area contributed by atoms with Gasteiger partial charge in [0.15, 0.2) is 0 Å². The summed E-state index contributed by atoms with van der Waals surface area (Å²) in [5.74, 6) is 1.27. The summed E-state index contributed by atoms with van der Waals surface area (Å²) in [6.45, 7) is 6.39. The van der Waals surface area contributed by atoms with E-state index in [4.69, 9.17) is 9.47 Å². The van der Waals surface area contributed by atoms with Crippen LogP contribution in [0, 0.1) is 0 Å². The molecular weight excluding hydrogens is 656 g/mol. The third-order valence-electron chi connectivity index (χ3n) is 11.0. The highest BCUT2D eigenvalue weighted by Crippen LogP contribution is 2.47. The van der Waals surface area contributed by atoms with Crippen LogP contribution in [0.3, 0.4) is 0 Å². The second-order valence-corrected chi connectivity index (χ2v) is 14.2. The predicted octanol–water partition coefficient (Wildman–Crippen LogP) is 5.44. The van der Waals surface area contributed by atoms with Crippen molar-refractivity contribution in [1.82, 2.24) is 15.1 Å². The number of piperazine rings is 1. The topological polar surface area (TPSA) is 112 Å². The number of phenols is 1. The smallest absolute Gasteiger partial charge is 0.255 e. The Morgan fingerprint density at radius 3 is 2.44 bits per heavy atom. The highest BCUT2D eigenvalue weighted by molar-refractivity contribution is 6.05. The first-order valence-electron chi connectivity index (χ1n) is 18.4. The Balaban J connectivity index is 0.797. The lowest BCUT2D eigenvalue weighted by Gasteiger charge is -2.36. The van der Waals surface area contributed by atoms with Gasteiger partial charge < -0.3 is 24.4 Å². The number of carbonyl (C=O) groups excluding carboxylic acids is 3. The molecule has 4 aromatic rings. The number of aromatic hydroxyl groups is 1. The van der Waals surface area contributed by atoms with Crippen LogP contribution in [0.5, 0.6) is 17.2 Å². The SMILES string of the molecule is O=C1CCC(N2Cc3cc(N4CCN(CCCCOc5ccc(C6c7ccc(O)cc7OC[C@@H]6c6ccccc6)cc5)CC4)ccc3C2=O)C(=O)N1. The van der Waals surface area contributed by atoms with E-state index in [9.17, 15) is 19.5 Å². The number of hydrogen-bond donors (Lipinski definition) is 2. The lowest BCUT2D eigenvalue weighted by Crippen LogP contribution is -2.52. The zero-order valence-corrected chi connectivity index (χ0v) is 29.2. The molecule has 0 aromatic heterocycles. The molecule has 3 atom stereocenters. The Kier molecular flexibility index (Phi) is 9.56. The maximum atomic E-state index is 13.1. The molecule has 2 N–H and O–H groups in total. The molecule has 0 spiro atoms. The number of benzene rings is 4. The second kappa shape index (κ2) is 14.7. The summed E-state index contributed by atoms with van der Waals surface area (Å²) in [5, 5.41) is 12.4. The molecule has 52 heavy (non-hydrogen) atoms. The number of phenolic OH excluding ortho intramolecular Hbond substituents is 1. The number of carbonyl (C=O) groups is 3. The van der Waals surface area contributed by atoms with Gasteiger partial charge in [0.2, 0.25) is 11.8 Å². The van der Waals surface area contributed by atoms with E-state index < -0.39 is 6.04 Å². The number of fused-ring (bicyclic) bond motifs is 2. The number of hydrogen-bond acceptors (Lipinski definition) is 8. The first-order chi connectivity index (χ1) is 25.4. The van der Waals surface area contributed by atoms with Crippen molar-refractivity contribution in [3.63, 3.8) is 0 Å².